The van der Waals surface area contributed by atoms with Crippen molar-refractivity contribution in [2.24, 2.45) is 0 Å². The summed E-state index contributed by atoms with van der Waals surface area (Å²) in [6, 6.07) is 15.3. The summed E-state index contributed by atoms with van der Waals surface area (Å²) in [5.41, 5.74) is 2.51. The minimum atomic E-state index is -3.45. The Bertz CT molecular complexity index is 1040. The number of rotatable bonds is 4. The third kappa shape index (κ3) is 3.09. The van der Waals surface area contributed by atoms with Gasteiger partial charge in [0.1, 0.15) is 0 Å². The molecule has 1 amide bonds. The molecule has 1 aliphatic carbocycles. The number of hydrogen-bond donors (Lipinski definition) is 0. The van der Waals surface area contributed by atoms with Crippen LogP contribution < -0.4 is 4.90 Å². The van der Waals surface area contributed by atoms with Gasteiger partial charge in [0.25, 0.3) is 0 Å². The van der Waals surface area contributed by atoms with Crippen LogP contribution in [-0.4, -0.2) is 38.3 Å². The van der Waals surface area contributed by atoms with Crippen molar-refractivity contribution in [2.75, 3.05) is 24.5 Å². The van der Waals surface area contributed by atoms with Crippen molar-refractivity contribution in [3.63, 3.8) is 0 Å². The third-order valence-corrected chi connectivity index (χ3v) is 8.52. The first-order valence-corrected chi connectivity index (χ1v) is 12.0. The van der Waals surface area contributed by atoms with E-state index in [0.717, 1.165) is 48.9 Å². The van der Waals surface area contributed by atoms with Crippen LogP contribution in [0.15, 0.2) is 53.4 Å². The molecule has 0 spiro atoms. The fourth-order valence-electron chi connectivity index (χ4n) is 4.77. The number of benzene rings is 2. The van der Waals surface area contributed by atoms with E-state index in [1.807, 2.05) is 41.3 Å². The lowest BCUT2D eigenvalue weighted by molar-refractivity contribution is -0.120. The van der Waals surface area contributed by atoms with Gasteiger partial charge in [-0.2, -0.15) is 4.31 Å². The molecule has 0 aromatic heterocycles. The molecule has 2 aromatic carbocycles. The molecule has 3 aliphatic rings. The maximum atomic E-state index is 13.4. The van der Waals surface area contributed by atoms with Crippen LogP contribution in [0, 0.1) is 0 Å². The van der Waals surface area contributed by atoms with Crippen molar-refractivity contribution in [1.29, 1.82) is 0 Å². The molecule has 2 heterocycles. The maximum Gasteiger partial charge on any atom is 0.243 e. The molecule has 29 heavy (non-hydrogen) atoms. The van der Waals surface area contributed by atoms with E-state index in [4.69, 9.17) is 0 Å². The van der Waals surface area contributed by atoms with Gasteiger partial charge in [0.2, 0.25) is 15.9 Å². The van der Waals surface area contributed by atoms with Gasteiger partial charge in [-0.3, -0.25) is 4.79 Å². The first kappa shape index (κ1) is 18.8. The summed E-state index contributed by atoms with van der Waals surface area (Å²) in [4.78, 5) is 15.6. The molecule has 0 N–H and O–H groups in total. The summed E-state index contributed by atoms with van der Waals surface area (Å²) in [6.07, 6.45) is 5.40. The van der Waals surface area contributed by atoms with Crippen molar-refractivity contribution < 1.29 is 13.2 Å². The topological polar surface area (TPSA) is 57.7 Å². The number of hydrogen-bond acceptors (Lipinski definition) is 3. The second-order valence-corrected chi connectivity index (χ2v) is 10.3. The fraction of sp³-hybridized carbons (Fsp3) is 0.435. The molecule has 1 saturated carbocycles. The van der Waals surface area contributed by atoms with Gasteiger partial charge in [0.15, 0.2) is 0 Å². The highest BCUT2D eigenvalue weighted by Crippen LogP contribution is 2.51. The Morgan fingerprint density at radius 3 is 2.31 bits per heavy atom. The van der Waals surface area contributed by atoms with E-state index < -0.39 is 15.4 Å². The Morgan fingerprint density at radius 1 is 0.897 bits per heavy atom. The van der Waals surface area contributed by atoms with E-state index in [2.05, 4.69) is 0 Å². The van der Waals surface area contributed by atoms with Crippen LogP contribution in [-0.2, 0) is 26.7 Å². The number of anilines is 1. The Kier molecular flexibility index (Phi) is 4.51. The molecule has 0 radical (unpaired) electrons. The van der Waals surface area contributed by atoms with Crippen molar-refractivity contribution in [3.8, 4) is 0 Å². The van der Waals surface area contributed by atoms with Crippen LogP contribution in [0.3, 0.4) is 0 Å². The zero-order valence-corrected chi connectivity index (χ0v) is 17.3. The number of carbonyl (C=O) groups excluding carboxylic acids is 1. The standard InChI is InChI=1S/C23H26N2O3S/c26-22(23(12-13-23)19-7-3-1-4-8-19)25-16-11-18-17-20(9-10-21(18)25)29(27,28)24-14-5-2-6-15-24/h1,3-4,7-10,17H,2,5-6,11-16H2. The van der Waals surface area contributed by atoms with Crippen LogP contribution in [0.4, 0.5) is 5.69 Å². The number of fused-ring (bicyclic) bond motifs is 1. The molecule has 5 nitrogen and oxygen atoms in total. The number of amides is 1. The zero-order valence-electron chi connectivity index (χ0n) is 16.5. The van der Waals surface area contributed by atoms with Crippen LogP contribution in [0.25, 0.3) is 0 Å². The minimum absolute atomic E-state index is 0.147. The second-order valence-electron chi connectivity index (χ2n) is 8.41. The van der Waals surface area contributed by atoms with Gasteiger partial charge in [0, 0.05) is 25.3 Å². The molecule has 1 saturated heterocycles. The highest BCUT2D eigenvalue weighted by Gasteiger charge is 2.53. The van der Waals surface area contributed by atoms with Gasteiger partial charge in [0.05, 0.1) is 10.3 Å². The molecule has 0 atom stereocenters. The van der Waals surface area contributed by atoms with Gasteiger partial charge >= 0.3 is 0 Å². The van der Waals surface area contributed by atoms with Crippen LogP contribution >= 0.6 is 0 Å². The lowest BCUT2D eigenvalue weighted by Gasteiger charge is -2.26. The second kappa shape index (κ2) is 6.96. The average Bonchev–Trinajstić information content (AvgIpc) is 3.47. The number of carbonyl (C=O) groups is 1. The smallest absolute Gasteiger partial charge is 0.243 e. The zero-order chi connectivity index (χ0) is 20.1. The SMILES string of the molecule is O=C(N1CCc2cc(S(=O)(=O)N3CCCCC3)ccc21)C1(c2ccccc2)CC1. The maximum absolute atomic E-state index is 13.4. The monoisotopic (exact) mass is 410 g/mol. The van der Waals surface area contributed by atoms with E-state index in [1.165, 1.54) is 0 Å². The molecular weight excluding hydrogens is 384 g/mol. The molecule has 0 unspecified atom stereocenters. The molecule has 2 aliphatic heterocycles. The summed E-state index contributed by atoms with van der Waals surface area (Å²) < 4.78 is 27.6. The van der Waals surface area contributed by atoms with Gasteiger partial charge in [-0.15, -0.1) is 0 Å². The van der Waals surface area contributed by atoms with E-state index >= 15 is 0 Å². The normalized spacial score (nSPS) is 21.0. The molecule has 2 fully saturated rings. The lowest BCUT2D eigenvalue weighted by Crippen LogP contribution is -2.38. The average molecular weight is 411 g/mol. The molecule has 0 bridgehead atoms. The van der Waals surface area contributed by atoms with E-state index in [9.17, 15) is 13.2 Å². The largest absolute Gasteiger partial charge is 0.311 e. The van der Waals surface area contributed by atoms with Crippen molar-refractivity contribution >= 4 is 21.6 Å². The predicted octanol–water partition coefficient (Wildman–Crippen LogP) is 3.48. The quantitative estimate of drug-likeness (QED) is 0.775. The number of nitrogens with zero attached hydrogens (tertiary/aromatic N) is 2. The number of piperidine rings is 1. The van der Waals surface area contributed by atoms with Crippen LogP contribution in [0.1, 0.15) is 43.2 Å². The first-order chi connectivity index (χ1) is 14.0. The minimum Gasteiger partial charge on any atom is -0.311 e. The summed E-state index contributed by atoms with van der Waals surface area (Å²) in [5, 5.41) is 0. The Hall–Kier alpha value is -2.18. The molecule has 5 rings (SSSR count). The highest BCUT2D eigenvalue weighted by atomic mass is 32.2. The van der Waals surface area contributed by atoms with Gasteiger partial charge < -0.3 is 4.90 Å². The molecule has 6 heteroatoms. The van der Waals surface area contributed by atoms with Crippen molar-refractivity contribution in [3.05, 3.63) is 59.7 Å². The summed E-state index contributed by atoms with van der Waals surface area (Å²) in [7, 11) is -3.45. The van der Waals surface area contributed by atoms with Gasteiger partial charge in [-0.1, -0.05) is 36.8 Å². The fourth-order valence-corrected chi connectivity index (χ4v) is 6.34. The first-order valence-electron chi connectivity index (χ1n) is 10.5. The summed E-state index contributed by atoms with van der Waals surface area (Å²) >= 11 is 0. The Labute approximate surface area is 172 Å². The van der Waals surface area contributed by atoms with Crippen LogP contribution in [0.2, 0.25) is 0 Å². The van der Waals surface area contributed by atoms with E-state index in [-0.39, 0.29) is 5.91 Å². The number of sulfonamides is 1. The summed E-state index contributed by atoms with van der Waals surface area (Å²) in [5.74, 6) is 0.147. The highest BCUT2D eigenvalue weighted by molar-refractivity contribution is 7.89. The predicted molar refractivity (Wildman–Crippen MR) is 112 cm³/mol. The third-order valence-electron chi connectivity index (χ3n) is 6.63. The summed E-state index contributed by atoms with van der Waals surface area (Å²) in [6.45, 7) is 1.82. The van der Waals surface area contributed by atoms with E-state index in [0.29, 0.717) is 31.0 Å². The van der Waals surface area contributed by atoms with Gasteiger partial charge in [-0.05, 0) is 61.4 Å². The molecular formula is C23H26N2O3S. The van der Waals surface area contributed by atoms with Crippen molar-refractivity contribution in [1.82, 2.24) is 4.31 Å². The Morgan fingerprint density at radius 2 is 1.62 bits per heavy atom. The lowest BCUT2D eigenvalue weighted by atomic mass is 9.94. The molecule has 152 valence electrons. The Balaban J connectivity index is 1.42. The molecule has 2 aromatic rings. The van der Waals surface area contributed by atoms with Gasteiger partial charge in [-0.25, -0.2) is 8.42 Å². The van der Waals surface area contributed by atoms with Crippen LogP contribution in [0.5, 0.6) is 0 Å². The van der Waals surface area contributed by atoms with E-state index in [1.54, 1.807) is 16.4 Å². The van der Waals surface area contributed by atoms with Crippen molar-refractivity contribution in [2.45, 2.75) is 48.8 Å².